The second kappa shape index (κ2) is 26.4. The Bertz CT molecular complexity index is 841. The van der Waals surface area contributed by atoms with E-state index in [-0.39, 0.29) is 21.9 Å². The summed E-state index contributed by atoms with van der Waals surface area (Å²) in [5, 5.41) is -0.285. The number of nitrogens with two attached hydrogens (primary N) is 1. The predicted molar refractivity (Wildman–Crippen MR) is 187 cm³/mol. The number of aromatic nitrogens is 2. The SMILES string of the molecule is CC.CC(C)(C)C(=O)Cc1cncc(Br)c1.CC(C)(C)C(=O)Cl.CCI.CCI.Nc1cncc(Br)c1. The fraction of sp³-hybridized carbons (Fsp3) is 0.556. The zero-order valence-electron chi connectivity index (χ0n) is 23.8. The Morgan fingerprint density at radius 3 is 1.43 bits per heavy atom. The predicted octanol–water partition coefficient (Wildman–Crippen LogP) is 10.1. The second-order valence-corrected chi connectivity index (χ2v) is 14.1. The van der Waals surface area contributed by atoms with Crippen LogP contribution < -0.4 is 5.73 Å². The molecule has 0 saturated heterocycles. The van der Waals surface area contributed by atoms with Crippen LogP contribution in [-0.4, -0.2) is 29.8 Å². The molecule has 5 nitrogen and oxygen atoms in total. The molecule has 2 rings (SSSR count). The minimum atomic E-state index is -0.373. The Balaban J connectivity index is -0.000000203. The third kappa shape index (κ3) is 32.3. The Morgan fingerprint density at radius 2 is 1.19 bits per heavy atom. The van der Waals surface area contributed by atoms with Crippen LogP contribution in [0.5, 0.6) is 0 Å². The van der Waals surface area contributed by atoms with E-state index in [0.29, 0.717) is 12.1 Å². The normalized spacial score (nSPS) is 9.59. The van der Waals surface area contributed by atoms with Gasteiger partial charge in [0.1, 0.15) is 5.78 Å². The van der Waals surface area contributed by atoms with E-state index in [4.69, 9.17) is 17.3 Å². The number of alkyl halides is 2. The van der Waals surface area contributed by atoms with Gasteiger partial charge in [-0.05, 0) is 70.0 Å². The number of carbonyl (C=O) groups is 2. The molecule has 0 unspecified atom stereocenters. The van der Waals surface area contributed by atoms with Gasteiger partial charge in [-0.2, -0.15) is 0 Å². The molecule has 2 heterocycles. The molecule has 0 fully saturated rings. The second-order valence-electron chi connectivity index (χ2n) is 8.86. The fourth-order valence-corrected chi connectivity index (χ4v) is 2.23. The van der Waals surface area contributed by atoms with Gasteiger partial charge >= 0.3 is 0 Å². The van der Waals surface area contributed by atoms with Crippen molar-refractivity contribution in [2.75, 3.05) is 14.6 Å². The number of anilines is 1. The highest BCUT2D eigenvalue weighted by molar-refractivity contribution is 14.1. The molecule has 2 N–H and O–H groups in total. The Kier molecular flexibility index (Phi) is 31.5. The molecule has 37 heavy (non-hydrogen) atoms. The Labute approximate surface area is 274 Å². The number of nitrogens with zero attached hydrogens (tertiary/aromatic N) is 2. The first kappa shape index (κ1) is 44.2. The maximum Gasteiger partial charge on any atom is 0.226 e. The molecular weight excluding hydrogens is 847 g/mol. The van der Waals surface area contributed by atoms with Crippen molar-refractivity contribution >= 4 is 105 Å². The number of ketones is 1. The van der Waals surface area contributed by atoms with Crippen LogP contribution in [-0.2, 0) is 16.0 Å². The lowest BCUT2D eigenvalue weighted by atomic mass is 9.87. The quantitative estimate of drug-likeness (QED) is 0.184. The van der Waals surface area contributed by atoms with Crippen LogP contribution in [0.25, 0.3) is 0 Å². The summed E-state index contributed by atoms with van der Waals surface area (Å²) >= 11 is 16.2. The van der Waals surface area contributed by atoms with Crippen LogP contribution in [0.4, 0.5) is 5.69 Å². The standard InChI is InChI=1S/C11H14BrNO.C5H5BrN2.C5H9ClO.2C2H5I.C2H6/c1-11(2,3)10(14)5-8-4-9(12)7-13-6-8;6-4-1-5(7)3-8-2-4;1-5(2,3)4(6)7;2*1-2-3;1-2/h4,6-7H,5H2,1-3H3;1-3H,7H2;1-3H3;2*2H2,1H3;1-2H3. The van der Waals surface area contributed by atoms with Gasteiger partial charge in [0.25, 0.3) is 0 Å². The van der Waals surface area contributed by atoms with Gasteiger partial charge in [0.05, 0.1) is 5.69 Å². The van der Waals surface area contributed by atoms with Gasteiger partial charge in [0.15, 0.2) is 0 Å². The summed E-state index contributed by atoms with van der Waals surface area (Å²) in [6, 6.07) is 3.73. The number of rotatable bonds is 2. The van der Waals surface area contributed by atoms with Gasteiger partial charge in [0.2, 0.25) is 5.24 Å². The zero-order valence-corrected chi connectivity index (χ0v) is 32.0. The van der Waals surface area contributed by atoms with E-state index < -0.39 is 0 Å². The highest BCUT2D eigenvalue weighted by atomic mass is 127. The van der Waals surface area contributed by atoms with Gasteiger partial charge < -0.3 is 5.73 Å². The number of Topliss-reactive ketones (excluding diaryl/α,β-unsaturated/α-hetero) is 1. The van der Waals surface area contributed by atoms with E-state index in [1.807, 2.05) is 40.7 Å². The average molecular weight is 892 g/mol. The molecule has 0 amide bonds. The van der Waals surface area contributed by atoms with Gasteiger partial charge in [-0.25, -0.2) is 0 Å². The summed E-state index contributed by atoms with van der Waals surface area (Å²) in [6.45, 7) is 19.4. The Morgan fingerprint density at radius 1 is 0.838 bits per heavy atom. The lowest BCUT2D eigenvalue weighted by molar-refractivity contribution is -0.125. The first-order chi connectivity index (χ1) is 17.0. The van der Waals surface area contributed by atoms with Crippen molar-refractivity contribution in [1.82, 2.24) is 9.97 Å². The molecule has 0 aromatic carbocycles. The number of carbonyl (C=O) groups excluding carboxylic acids is 2. The summed E-state index contributed by atoms with van der Waals surface area (Å²) in [4.78, 5) is 29.8. The number of hydrogen-bond donors (Lipinski definition) is 1. The molecule has 2 aromatic rings. The molecule has 2 aromatic heterocycles. The molecule has 0 aliphatic heterocycles. The lowest BCUT2D eigenvalue weighted by Crippen LogP contribution is -2.22. The highest BCUT2D eigenvalue weighted by Gasteiger charge is 2.21. The lowest BCUT2D eigenvalue weighted by Gasteiger charge is -2.16. The fourth-order valence-electron chi connectivity index (χ4n) is 1.43. The van der Waals surface area contributed by atoms with Crippen molar-refractivity contribution in [3.05, 3.63) is 51.4 Å². The number of hydrogen-bond acceptors (Lipinski definition) is 5. The van der Waals surface area contributed by atoms with Crippen LogP contribution in [0.3, 0.4) is 0 Å². The van der Waals surface area contributed by atoms with Crippen LogP contribution >= 0.6 is 88.6 Å². The van der Waals surface area contributed by atoms with Gasteiger partial charge in [0, 0.05) is 51.0 Å². The molecule has 0 radical (unpaired) electrons. The van der Waals surface area contributed by atoms with Crippen molar-refractivity contribution in [3.8, 4) is 0 Å². The van der Waals surface area contributed by atoms with E-state index in [2.05, 4.69) is 101 Å². The maximum absolute atomic E-state index is 11.7. The topological polar surface area (TPSA) is 85.9 Å². The van der Waals surface area contributed by atoms with Crippen molar-refractivity contribution in [2.45, 2.75) is 75.7 Å². The maximum atomic E-state index is 11.7. The minimum Gasteiger partial charge on any atom is -0.397 e. The van der Waals surface area contributed by atoms with Gasteiger partial charge in [-0.3, -0.25) is 19.6 Å². The summed E-state index contributed by atoms with van der Waals surface area (Å²) in [5.41, 5.74) is 6.35. The molecule has 0 saturated carbocycles. The van der Waals surface area contributed by atoms with Crippen LogP contribution in [0.2, 0.25) is 0 Å². The first-order valence-corrected chi connectivity index (χ1v) is 16.8. The molecule has 214 valence electrons. The van der Waals surface area contributed by atoms with E-state index in [0.717, 1.165) is 14.5 Å². The van der Waals surface area contributed by atoms with Gasteiger partial charge in [-0.1, -0.05) is 114 Å². The number of pyridine rings is 2. The van der Waals surface area contributed by atoms with Crippen molar-refractivity contribution in [2.24, 2.45) is 10.8 Å². The highest BCUT2D eigenvalue weighted by Crippen LogP contribution is 2.19. The van der Waals surface area contributed by atoms with E-state index in [9.17, 15) is 9.59 Å². The average Bonchev–Trinajstić information content (AvgIpc) is 2.76. The molecular formula is C27H44Br2ClI2N3O2. The number of halogens is 5. The van der Waals surface area contributed by atoms with Crippen LogP contribution in [0.15, 0.2) is 45.9 Å². The molecule has 10 heteroatoms. The summed E-state index contributed by atoms with van der Waals surface area (Å²) in [6.07, 6.45) is 7.19. The van der Waals surface area contributed by atoms with Crippen LogP contribution in [0, 0.1) is 10.8 Å². The van der Waals surface area contributed by atoms with E-state index in [1.165, 1.54) is 8.86 Å². The number of nitrogen functional groups attached to an aromatic ring is 1. The third-order valence-electron chi connectivity index (χ3n) is 3.28. The van der Waals surface area contributed by atoms with Crippen molar-refractivity contribution in [3.63, 3.8) is 0 Å². The molecule has 0 bridgehead atoms. The smallest absolute Gasteiger partial charge is 0.226 e. The zero-order chi connectivity index (χ0) is 30.2. The first-order valence-electron chi connectivity index (χ1n) is 11.8. The molecule has 0 atom stereocenters. The van der Waals surface area contributed by atoms with E-state index >= 15 is 0 Å². The molecule has 0 spiro atoms. The summed E-state index contributed by atoms with van der Waals surface area (Å²) < 4.78 is 4.27. The summed E-state index contributed by atoms with van der Waals surface area (Å²) in [7, 11) is 0. The monoisotopic (exact) mass is 889 g/mol. The van der Waals surface area contributed by atoms with Crippen LogP contribution in [0.1, 0.15) is 74.8 Å². The molecule has 0 aliphatic rings. The van der Waals surface area contributed by atoms with Crippen molar-refractivity contribution in [1.29, 1.82) is 0 Å². The largest absolute Gasteiger partial charge is 0.397 e. The Hall–Kier alpha value is 0.150. The summed E-state index contributed by atoms with van der Waals surface area (Å²) in [5.74, 6) is 0.234. The molecule has 0 aliphatic carbocycles. The minimum absolute atomic E-state index is 0.234. The third-order valence-corrected chi connectivity index (χ3v) is 4.71. The van der Waals surface area contributed by atoms with Gasteiger partial charge in [-0.15, -0.1) is 0 Å². The van der Waals surface area contributed by atoms with E-state index in [1.54, 1.807) is 51.6 Å². The van der Waals surface area contributed by atoms with Crippen molar-refractivity contribution < 1.29 is 9.59 Å².